The quantitative estimate of drug-likeness (QED) is 0.255. The second-order valence-corrected chi connectivity index (χ2v) is 6.83. The third kappa shape index (κ3) is 4.63. The lowest BCUT2D eigenvalue weighted by Crippen LogP contribution is -2.11. The molecule has 0 saturated carbocycles. The highest BCUT2D eigenvalue weighted by molar-refractivity contribution is 7.15. The average Bonchev–Trinajstić information content (AvgIpc) is 3.07. The zero-order valence-corrected chi connectivity index (χ0v) is 15.9. The van der Waals surface area contributed by atoms with Crippen LogP contribution in [0.1, 0.15) is 10.7 Å². The molecular formula is C19H16N2O6S. The standard InChI is InChI=1S/C19H16N2O6S/c1-12-20-17(18(28-12)13-3-7-15(25-2)8-4-13)11-26-19(22)27-16-9-5-14(6-10-16)21(23)24/h3-10H,11H2,1-2H3. The SMILES string of the molecule is COc1ccc(-c2sc(C)nc2COC(=O)Oc2ccc([N+](=O)[O-])cc2)cc1. The predicted molar refractivity (Wildman–Crippen MR) is 103 cm³/mol. The Kier molecular flexibility index (Phi) is 5.85. The third-order valence-electron chi connectivity index (χ3n) is 3.73. The molecule has 1 heterocycles. The van der Waals surface area contributed by atoms with Gasteiger partial charge < -0.3 is 14.2 Å². The molecule has 0 spiro atoms. The number of aromatic nitrogens is 1. The van der Waals surface area contributed by atoms with Crippen molar-refractivity contribution in [1.29, 1.82) is 0 Å². The van der Waals surface area contributed by atoms with Crippen molar-refractivity contribution in [3.05, 3.63) is 69.3 Å². The minimum atomic E-state index is -0.916. The van der Waals surface area contributed by atoms with Gasteiger partial charge in [0.15, 0.2) is 0 Å². The number of carbonyl (C=O) groups is 1. The van der Waals surface area contributed by atoms with Gasteiger partial charge in [-0.25, -0.2) is 9.78 Å². The first-order chi connectivity index (χ1) is 13.5. The Morgan fingerprint density at radius 2 is 1.75 bits per heavy atom. The highest BCUT2D eigenvalue weighted by Gasteiger charge is 2.15. The lowest BCUT2D eigenvalue weighted by Gasteiger charge is -2.07. The number of rotatable bonds is 6. The molecular weight excluding hydrogens is 384 g/mol. The van der Waals surface area contributed by atoms with Crippen molar-refractivity contribution >= 4 is 23.2 Å². The molecule has 0 aliphatic heterocycles. The van der Waals surface area contributed by atoms with E-state index in [1.54, 1.807) is 7.11 Å². The number of carbonyl (C=O) groups excluding carboxylic acids is 1. The lowest BCUT2D eigenvalue weighted by molar-refractivity contribution is -0.384. The number of thiazole rings is 1. The number of nitro benzene ring substituents is 1. The number of aryl methyl sites for hydroxylation is 1. The molecule has 0 N–H and O–H groups in total. The average molecular weight is 400 g/mol. The van der Waals surface area contributed by atoms with Gasteiger partial charge in [-0.1, -0.05) is 0 Å². The van der Waals surface area contributed by atoms with Gasteiger partial charge in [-0.15, -0.1) is 11.3 Å². The van der Waals surface area contributed by atoms with E-state index in [-0.39, 0.29) is 18.0 Å². The molecule has 2 aromatic carbocycles. The van der Waals surface area contributed by atoms with Crippen LogP contribution in [0.5, 0.6) is 11.5 Å². The van der Waals surface area contributed by atoms with Crippen LogP contribution in [0.25, 0.3) is 10.4 Å². The summed E-state index contributed by atoms with van der Waals surface area (Å²) in [5.74, 6) is 0.898. The Bertz CT molecular complexity index is 983. The van der Waals surface area contributed by atoms with Crippen LogP contribution >= 0.6 is 11.3 Å². The molecule has 144 valence electrons. The summed E-state index contributed by atoms with van der Waals surface area (Å²) >= 11 is 1.49. The van der Waals surface area contributed by atoms with E-state index in [1.165, 1.54) is 35.6 Å². The number of methoxy groups -OCH3 is 1. The summed E-state index contributed by atoms with van der Waals surface area (Å²) in [4.78, 5) is 27.3. The molecule has 1 aromatic heterocycles. The topological polar surface area (TPSA) is 101 Å². The van der Waals surface area contributed by atoms with Crippen LogP contribution < -0.4 is 9.47 Å². The summed E-state index contributed by atoms with van der Waals surface area (Å²) in [6.07, 6.45) is -0.916. The molecule has 8 nitrogen and oxygen atoms in total. The van der Waals surface area contributed by atoms with Crippen molar-refractivity contribution in [3.63, 3.8) is 0 Å². The molecule has 0 radical (unpaired) electrons. The van der Waals surface area contributed by atoms with Crippen molar-refractivity contribution in [1.82, 2.24) is 4.98 Å². The summed E-state index contributed by atoms with van der Waals surface area (Å²) < 4.78 is 15.3. The zero-order chi connectivity index (χ0) is 20.1. The second-order valence-electron chi connectivity index (χ2n) is 5.63. The lowest BCUT2D eigenvalue weighted by atomic mass is 10.1. The number of nitro groups is 1. The van der Waals surface area contributed by atoms with Crippen molar-refractivity contribution in [2.24, 2.45) is 0 Å². The van der Waals surface area contributed by atoms with Gasteiger partial charge >= 0.3 is 6.16 Å². The zero-order valence-electron chi connectivity index (χ0n) is 15.1. The van der Waals surface area contributed by atoms with E-state index in [1.807, 2.05) is 31.2 Å². The van der Waals surface area contributed by atoms with Gasteiger partial charge in [0, 0.05) is 12.1 Å². The number of benzene rings is 2. The third-order valence-corrected chi connectivity index (χ3v) is 4.79. The number of hydrogen-bond donors (Lipinski definition) is 0. The van der Waals surface area contributed by atoms with Crippen molar-refractivity contribution in [2.45, 2.75) is 13.5 Å². The monoisotopic (exact) mass is 400 g/mol. The fourth-order valence-electron chi connectivity index (χ4n) is 2.42. The van der Waals surface area contributed by atoms with E-state index in [0.717, 1.165) is 21.2 Å². The van der Waals surface area contributed by atoms with Crippen LogP contribution in [-0.4, -0.2) is 23.2 Å². The van der Waals surface area contributed by atoms with E-state index in [0.29, 0.717) is 5.69 Å². The molecule has 28 heavy (non-hydrogen) atoms. The van der Waals surface area contributed by atoms with Gasteiger partial charge in [0.1, 0.15) is 18.1 Å². The number of non-ortho nitro benzene ring substituents is 1. The first-order valence-corrected chi connectivity index (χ1v) is 8.97. The minimum absolute atomic E-state index is 0.0580. The second kappa shape index (κ2) is 8.49. The molecule has 3 aromatic rings. The minimum Gasteiger partial charge on any atom is -0.497 e. The van der Waals surface area contributed by atoms with E-state index in [9.17, 15) is 14.9 Å². The smallest absolute Gasteiger partial charge is 0.497 e. The highest BCUT2D eigenvalue weighted by atomic mass is 32.1. The molecule has 0 aliphatic rings. The molecule has 0 aliphatic carbocycles. The Morgan fingerprint density at radius 3 is 2.36 bits per heavy atom. The maximum absolute atomic E-state index is 11.9. The molecule has 0 amide bonds. The summed E-state index contributed by atoms with van der Waals surface area (Å²) in [6, 6.07) is 12.7. The number of ether oxygens (including phenoxy) is 3. The van der Waals surface area contributed by atoms with Crippen LogP contribution in [0.4, 0.5) is 10.5 Å². The van der Waals surface area contributed by atoms with Gasteiger partial charge in [0.25, 0.3) is 5.69 Å². The molecule has 0 unspecified atom stereocenters. The summed E-state index contributed by atoms with van der Waals surface area (Å²) in [5, 5.41) is 11.5. The van der Waals surface area contributed by atoms with Gasteiger partial charge in [0.05, 0.1) is 27.6 Å². The highest BCUT2D eigenvalue weighted by Crippen LogP contribution is 2.32. The maximum atomic E-state index is 11.9. The fourth-order valence-corrected chi connectivity index (χ4v) is 3.35. The summed E-state index contributed by atoms with van der Waals surface area (Å²) in [7, 11) is 1.60. The van der Waals surface area contributed by atoms with E-state index >= 15 is 0 Å². The molecule has 0 fully saturated rings. The van der Waals surface area contributed by atoms with E-state index < -0.39 is 11.1 Å². The van der Waals surface area contributed by atoms with Crippen LogP contribution in [0, 0.1) is 17.0 Å². The first kappa shape index (κ1) is 19.3. The normalized spacial score (nSPS) is 10.4. The molecule has 0 bridgehead atoms. The van der Waals surface area contributed by atoms with Gasteiger partial charge in [-0.3, -0.25) is 10.1 Å². The van der Waals surface area contributed by atoms with Gasteiger partial charge in [-0.05, 0) is 48.9 Å². The van der Waals surface area contributed by atoms with Gasteiger partial charge in [-0.2, -0.15) is 0 Å². The summed E-state index contributed by atoms with van der Waals surface area (Å²) in [5.41, 5.74) is 1.46. The summed E-state index contributed by atoms with van der Waals surface area (Å²) in [6.45, 7) is 1.81. The Hall–Kier alpha value is -3.46. The Labute approximate surface area is 164 Å². The number of nitrogens with zero attached hydrogens (tertiary/aromatic N) is 2. The Balaban J connectivity index is 1.65. The molecule has 0 saturated heterocycles. The largest absolute Gasteiger partial charge is 0.514 e. The fraction of sp³-hybridized carbons (Fsp3) is 0.158. The van der Waals surface area contributed by atoms with Crippen LogP contribution in [0.2, 0.25) is 0 Å². The van der Waals surface area contributed by atoms with Crippen molar-refractivity contribution in [3.8, 4) is 21.9 Å². The first-order valence-electron chi connectivity index (χ1n) is 8.16. The van der Waals surface area contributed by atoms with Crippen LogP contribution in [0.15, 0.2) is 48.5 Å². The van der Waals surface area contributed by atoms with E-state index in [2.05, 4.69) is 4.98 Å². The predicted octanol–water partition coefficient (Wildman–Crippen LogP) is 4.75. The van der Waals surface area contributed by atoms with Crippen molar-refractivity contribution < 1.29 is 23.9 Å². The Morgan fingerprint density at radius 1 is 1.11 bits per heavy atom. The molecule has 9 heteroatoms. The van der Waals surface area contributed by atoms with Crippen molar-refractivity contribution in [2.75, 3.05) is 7.11 Å². The van der Waals surface area contributed by atoms with E-state index in [4.69, 9.17) is 14.2 Å². The molecule has 0 atom stereocenters. The maximum Gasteiger partial charge on any atom is 0.514 e. The number of hydrogen-bond acceptors (Lipinski definition) is 8. The van der Waals surface area contributed by atoms with Crippen LogP contribution in [-0.2, 0) is 11.3 Å². The molecule has 3 rings (SSSR count). The van der Waals surface area contributed by atoms with Gasteiger partial charge in [0.2, 0.25) is 0 Å². The van der Waals surface area contributed by atoms with Crippen LogP contribution in [0.3, 0.4) is 0 Å².